The number of aromatic nitrogens is 2. The van der Waals surface area contributed by atoms with Crippen LogP contribution < -0.4 is 0 Å². The van der Waals surface area contributed by atoms with Crippen LogP contribution in [0.25, 0.3) is 0 Å². The number of aliphatic imine (C=N–C) groups is 1. The van der Waals surface area contributed by atoms with Gasteiger partial charge in [0.15, 0.2) is 11.7 Å². The Morgan fingerprint density at radius 2 is 1.95 bits per heavy atom. The summed E-state index contributed by atoms with van der Waals surface area (Å²) in [6.07, 6.45) is 3.85. The molecule has 2 aliphatic rings. The third-order valence-corrected chi connectivity index (χ3v) is 4.56. The van der Waals surface area contributed by atoms with Crippen LogP contribution >= 0.6 is 11.6 Å². The molecular weight excluding hydrogens is 298 g/mol. The molecule has 0 spiro atoms. The average Bonchev–Trinajstić information content (AvgIpc) is 2.90. The number of amidine groups is 1. The standard InChI is InChI=1S/C16H18ClN5/c1-20-6-8-21(9-7-20)16-15-18-4-5-22(15)11-12-10-13(17)2-3-14(12)19-16/h2-5,10H,6-9,11H2,1H3. The molecule has 0 aliphatic carbocycles. The minimum Gasteiger partial charge on any atom is -0.351 e. The first kappa shape index (κ1) is 13.8. The van der Waals surface area contributed by atoms with Crippen molar-refractivity contribution in [3.05, 3.63) is 47.0 Å². The lowest BCUT2D eigenvalue weighted by molar-refractivity contribution is 0.215. The van der Waals surface area contributed by atoms with Crippen LogP contribution in [-0.2, 0) is 6.54 Å². The van der Waals surface area contributed by atoms with Crippen molar-refractivity contribution < 1.29 is 0 Å². The van der Waals surface area contributed by atoms with Gasteiger partial charge in [0, 0.05) is 43.6 Å². The Hall–Kier alpha value is -1.85. The molecule has 1 aromatic heterocycles. The summed E-state index contributed by atoms with van der Waals surface area (Å²) in [5.41, 5.74) is 2.12. The maximum absolute atomic E-state index is 6.14. The topological polar surface area (TPSA) is 36.7 Å². The molecule has 0 saturated carbocycles. The number of nitrogens with zero attached hydrogens (tertiary/aromatic N) is 5. The molecule has 0 N–H and O–H groups in total. The maximum Gasteiger partial charge on any atom is 0.176 e. The van der Waals surface area contributed by atoms with Crippen molar-refractivity contribution in [2.75, 3.05) is 33.2 Å². The Labute approximate surface area is 134 Å². The van der Waals surface area contributed by atoms with E-state index in [1.807, 2.05) is 30.6 Å². The van der Waals surface area contributed by atoms with Gasteiger partial charge in [0.2, 0.25) is 0 Å². The third kappa shape index (κ3) is 2.40. The molecule has 5 nitrogen and oxygen atoms in total. The molecule has 22 heavy (non-hydrogen) atoms. The Bertz CT molecular complexity index is 728. The summed E-state index contributed by atoms with van der Waals surface area (Å²) < 4.78 is 2.15. The number of imidazole rings is 1. The van der Waals surface area contributed by atoms with Crippen molar-refractivity contribution in [3.63, 3.8) is 0 Å². The summed E-state index contributed by atoms with van der Waals surface area (Å²) in [7, 11) is 2.16. The number of likely N-dealkylation sites (N-methyl/N-ethyl adjacent to an activating group) is 1. The van der Waals surface area contributed by atoms with Gasteiger partial charge in [0.05, 0.1) is 12.2 Å². The lowest BCUT2D eigenvalue weighted by atomic mass is 10.2. The van der Waals surface area contributed by atoms with E-state index in [-0.39, 0.29) is 0 Å². The number of fused-ring (bicyclic) bond motifs is 2. The molecule has 3 heterocycles. The van der Waals surface area contributed by atoms with Crippen LogP contribution in [0.1, 0.15) is 11.4 Å². The molecule has 6 heteroatoms. The van der Waals surface area contributed by atoms with Gasteiger partial charge >= 0.3 is 0 Å². The molecule has 0 atom stereocenters. The number of rotatable bonds is 0. The largest absolute Gasteiger partial charge is 0.351 e. The zero-order valence-electron chi connectivity index (χ0n) is 12.5. The van der Waals surface area contributed by atoms with E-state index in [0.29, 0.717) is 0 Å². The molecule has 2 aromatic rings. The van der Waals surface area contributed by atoms with Crippen LogP contribution in [0.5, 0.6) is 0 Å². The molecule has 1 fully saturated rings. The van der Waals surface area contributed by atoms with Crippen molar-refractivity contribution >= 4 is 23.1 Å². The number of hydrogen-bond acceptors (Lipinski definition) is 4. The summed E-state index contributed by atoms with van der Waals surface area (Å²) in [6.45, 7) is 4.81. The van der Waals surface area contributed by atoms with Gasteiger partial charge in [0.1, 0.15) is 0 Å². The summed E-state index contributed by atoms with van der Waals surface area (Å²) in [6, 6.07) is 5.90. The summed E-state index contributed by atoms with van der Waals surface area (Å²) in [5.74, 6) is 1.91. The van der Waals surface area contributed by atoms with Crippen LogP contribution in [0, 0.1) is 0 Å². The third-order valence-electron chi connectivity index (χ3n) is 4.33. The monoisotopic (exact) mass is 315 g/mol. The Morgan fingerprint density at radius 3 is 2.77 bits per heavy atom. The number of halogens is 1. The smallest absolute Gasteiger partial charge is 0.176 e. The van der Waals surface area contributed by atoms with E-state index in [1.165, 1.54) is 0 Å². The van der Waals surface area contributed by atoms with Crippen LogP contribution in [0.3, 0.4) is 0 Å². The Kier molecular flexibility index (Phi) is 3.39. The highest BCUT2D eigenvalue weighted by atomic mass is 35.5. The number of hydrogen-bond donors (Lipinski definition) is 0. The molecule has 0 radical (unpaired) electrons. The zero-order chi connectivity index (χ0) is 15.1. The van der Waals surface area contributed by atoms with Gasteiger partial charge in [-0.3, -0.25) is 0 Å². The maximum atomic E-state index is 6.14. The van der Waals surface area contributed by atoms with Gasteiger partial charge in [-0.15, -0.1) is 0 Å². The first-order chi connectivity index (χ1) is 10.7. The molecular formula is C16H18ClN5. The normalized spacial score (nSPS) is 18.5. The fourth-order valence-electron chi connectivity index (χ4n) is 3.01. The minimum atomic E-state index is 0.749. The number of piperazine rings is 1. The van der Waals surface area contributed by atoms with E-state index in [4.69, 9.17) is 16.6 Å². The molecule has 0 unspecified atom stereocenters. The molecule has 1 aromatic carbocycles. The fraction of sp³-hybridized carbons (Fsp3) is 0.375. The van der Waals surface area contributed by atoms with Crippen molar-refractivity contribution in [1.29, 1.82) is 0 Å². The van der Waals surface area contributed by atoms with Crippen LogP contribution in [0.4, 0.5) is 5.69 Å². The number of benzene rings is 1. The molecule has 114 valence electrons. The van der Waals surface area contributed by atoms with Gasteiger partial charge in [-0.2, -0.15) is 0 Å². The van der Waals surface area contributed by atoms with Gasteiger partial charge in [-0.25, -0.2) is 9.98 Å². The van der Waals surface area contributed by atoms with Crippen molar-refractivity contribution in [1.82, 2.24) is 19.4 Å². The second kappa shape index (κ2) is 5.41. The predicted octanol–water partition coefficient (Wildman–Crippen LogP) is 2.22. The Morgan fingerprint density at radius 1 is 1.14 bits per heavy atom. The van der Waals surface area contributed by atoms with Crippen molar-refractivity contribution in [3.8, 4) is 0 Å². The quantitative estimate of drug-likeness (QED) is 0.748. The highest BCUT2D eigenvalue weighted by Gasteiger charge is 2.25. The van der Waals surface area contributed by atoms with E-state index < -0.39 is 0 Å². The van der Waals surface area contributed by atoms with Crippen molar-refractivity contribution in [2.45, 2.75) is 6.54 Å². The first-order valence-corrected chi connectivity index (χ1v) is 7.90. The molecule has 0 amide bonds. The van der Waals surface area contributed by atoms with Crippen molar-refractivity contribution in [2.24, 2.45) is 4.99 Å². The lowest BCUT2D eigenvalue weighted by Gasteiger charge is -2.34. The lowest BCUT2D eigenvalue weighted by Crippen LogP contribution is -2.47. The average molecular weight is 316 g/mol. The molecule has 1 saturated heterocycles. The fourth-order valence-corrected chi connectivity index (χ4v) is 3.21. The molecule has 4 rings (SSSR count). The predicted molar refractivity (Wildman–Crippen MR) is 88.0 cm³/mol. The summed E-state index contributed by atoms with van der Waals surface area (Å²) in [4.78, 5) is 14.1. The first-order valence-electron chi connectivity index (χ1n) is 7.53. The van der Waals surface area contributed by atoms with Gasteiger partial charge < -0.3 is 14.4 Å². The second-order valence-electron chi connectivity index (χ2n) is 5.88. The van der Waals surface area contributed by atoms with Gasteiger partial charge in [-0.1, -0.05) is 11.6 Å². The van der Waals surface area contributed by atoms with E-state index in [2.05, 4.69) is 26.4 Å². The van der Waals surface area contributed by atoms with Crippen LogP contribution in [0.2, 0.25) is 5.02 Å². The zero-order valence-corrected chi connectivity index (χ0v) is 13.3. The van der Waals surface area contributed by atoms with Gasteiger partial charge in [0.25, 0.3) is 0 Å². The van der Waals surface area contributed by atoms with E-state index in [1.54, 1.807) is 0 Å². The highest BCUT2D eigenvalue weighted by Crippen LogP contribution is 2.28. The van der Waals surface area contributed by atoms with E-state index in [9.17, 15) is 0 Å². The van der Waals surface area contributed by atoms with Crippen LogP contribution in [-0.4, -0.2) is 58.4 Å². The highest BCUT2D eigenvalue weighted by molar-refractivity contribution is 6.30. The second-order valence-corrected chi connectivity index (χ2v) is 6.31. The van der Waals surface area contributed by atoms with Crippen LogP contribution in [0.15, 0.2) is 35.6 Å². The van der Waals surface area contributed by atoms with E-state index >= 15 is 0 Å². The van der Waals surface area contributed by atoms with Gasteiger partial charge in [-0.05, 0) is 30.8 Å². The summed E-state index contributed by atoms with van der Waals surface area (Å²) >= 11 is 6.14. The minimum absolute atomic E-state index is 0.749. The molecule has 0 bridgehead atoms. The SMILES string of the molecule is CN1CCN(C2=Nc3ccc(Cl)cc3Cn3ccnc32)CC1. The summed E-state index contributed by atoms with van der Waals surface area (Å²) in [5, 5.41) is 0.749. The van der Waals surface area contributed by atoms with E-state index in [0.717, 1.165) is 60.7 Å². The Balaban J connectivity index is 1.79. The molecule has 2 aliphatic heterocycles.